The summed E-state index contributed by atoms with van der Waals surface area (Å²) < 4.78 is 4.74. The second kappa shape index (κ2) is 5.30. The molecule has 0 saturated heterocycles. The number of rotatable bonds is 4. The molecule has 0 aliphatic rings. The summed E-state index contributed by atoms with van der Waals surface area (Å²) in [6.07, 6.45) is 1.06. The second-order valence-electron chi connectivity index (χ2n) is 3.70. The molecule has 0 bridgehead atoms. The van der Waals surface area contributed by atoms with Crippen LogP contribution in [0.25, 0.3) is 0 Å². The van der Waals surface area contributed by atoms with Gasteiger partial charge in [0.25, 0.3) is 11.6 Å². The van der Waals surface area contributed by atoms with Crippen molar-refractivity contribution in [3.63, 3.8) is 0 Å². The third-order valence-corrected chi connectivity index (χ3v) is 2.31. The van der Waals surface area contributed by atoms with Crippen LogP contribution in [0.3, 0.4) is 0 Å². The van der Waals surface area contributed by atoms with Gasteiger partial charge in [0.05, 0.1) is 10.5 Å². The molecule has 2 aromatic heterocycles. The molecule has 0 aromatic carbocycles. The van der Waals surface area contributed by atoms with Crippen LogP contribution in [0.15, 0.2) is 16.8 Å². The predicted molar refractivity (Wildman–Crippen MR) is 67.4 cm³/mol. The number of amides is 1. The smallest absolute Gasteiger partial charge is 0.328 e. The van der Waals surface area contributed by atoms with Gasteiger partial charge in [-0.15, -0.1) is 0 Å². The first-order chi connectivity index (χ1) is 9.51. The average Bonchev–Trinajstić information content (AvgIpc) is 2.83. The van der Waals surface area contributed by atoms with E-state index in [1.807, 2.05) is 0 Å². The lowest BCUT2D eigenvalue weighted by molar-refractivity contribution is -0.385. The van der Waals surface area contributed by atoms with Gasteiger partial charge in [-0.25, -0.2) is 4.98 Å². The van der Waals surface area contributed by atoms with Gasteiger partial charge in [-0.3, -0.25) is 20.2 Å². The van der Waals surface area contributed by atoms with Crippen LogP contribution in [0.5, 0.6) is 0 Å². The van der Waals surface area contributed by atoms with Crippen molar-refractivity contribution >= 4 is 23.4 Å². The fourth-order valence-corrected chi connectivity index (χ4v) is 1.44. The first-order valence-electron chi connectivity index (χ1n) is 5.45. The minimum absolute atomic E-state index is 0.00227. The summed E-state index contributed by atoms with van der Waals surface area (Å²) in [6, 6.07) is 1.01. The van der Waals surface area contributed by atoms with E-state index in [2.05, 4.69) is 25.8 Å². The summed E-state index contributed by atoms with van der Waals surface area (Å²) in [4.78, 5) is 29.7. The number of nitro groups is 1. The SMILES string of the molecule is CNc1ncc([N+](=O)[O-])cc1C(=O)Nc1nc(C)no1. The summed E-state index contributed by atoms with van der Waals surface area (Å²) in [5, 5.41) is 19.2. The number of pyridine rings is 1. The van der Waals surface area contributed by atoms with Gasteiger partial charge in [-0.2, -0.15) is 4.98 Å². The zero-order chi connectivity index (χ0) is 14.7. The van der Waals surface area contributed by atoms with Gasteiger partial charge in [0.2, 0.25) is 0 Å². The molecule has 0 fully saturated rings. The quantitative estimate of drug-likeness (QED) is 0.623. The topological polar surface area (TPSA) is 136 Å². The molecule has 0 spiro atoms. The van der Waals surface area contributed by atoms with Crippen LogP contribution in [0.2, 0.25) is 0 Å². The summed E-state index contributed by atoms with van der Waals surface area (Å²) in [5.74, 6) is -0.0927. The van der Waals surface area contributed by atoms with Crippen LogP contribution >= 0.6 is 0 Å². The molecule has 0 atom stereocenters. The molecule has 20 heavy (non-hydrogen) atoms. The summed E-state index contributed by atoms with van der Waals surface area (Å²) in [6.45, 7) is 1.59. The van der Waals surface area contributed by atoms with Crippen LogP contribution < -0.4 is 10.6 Å². The summed E-state index contributed by atoms with van der Waals surface area (Å²) in [5.41, 5.74) is -0.298. The van der Waals surface area contributed by atoms with E-state index in [0.717, 1.165) is 12.3 Å². The van der Waals surface area contributed by atoms with Crippen molar-refractivity contribution in [1.29, 1.82) is 0 Å². The van der Waals surface area contributed by atoms with Gasteiger partial charge in [-0.05, 0) is 6.92 Å². The molecule has 0 radical (unpaired) electrons. The van der Waals surface area contributed by atoms with E-state index in [4.69, 9.17) is 4.52 Å². The Morgan fingerprint density at radius 2 is 2.25 bits per heavy atom. The lowest BCUT2D eigenvalue weighted by atomic mass is 10.2. The van der Waals surface area contributed by atoms with Crippen molar-refractivity contribution in [1.82, 2.24) is 15.1 Å². The van der Waals surface area contributed by atoms with Gasteiger partial charge < -0.3 is 9.84 Å². The highest BCUT2D eigenvalue weighted by Crippen LogP contribution is 2.19. The van der Waals surface area contributed by atoms with Crippen LogP contribution in [0, 0.1) is 17.0 Å². The van der Waals surface area contributed by atoms with E-state index >= 15 is 0 Å². The molecule has 1 amide bonds. The van der Waals surface area contributed by atoms with Crippen LogP contribution in [-0.2, 0) is 0 Å². The Morgan fingerprint density at radius 1 is 1.50 bits per heavy atom. The summed E-state index contributed by atoms with van der Waals surface area (Å²) >= 11 is 0. The Labute approximate surface area is 112 Å². The molecule has 10 heteroatoms. The van der Waals surface area contributed by atoms with Crippen molar-refractivity contribution in [2.24, 2.45) is 0 Å². The largest absolute Gasteiger partial charge is 0.372 e. The number of hydrogen-bond donors (Lipinski definition) is 2. The van der Waals surface area contributed by atoms with E-state index < -0.39 is 10.8 Å². The highest BCUT2D eigenvalue weighted by atomic mass is 16.6. The molecule has 2 heterocycles. The lowest BCUT2D eigenvalue weighted by Gasteiger charge is -2.06. The standard InChI is InChI=1S/C10H10N6O4/c1-5-13-10(20-15-5)14-9(17)7-3-6(16(18)19)4-12-8(7)11-2/h3-4H,1-2H3,(H,11,12)(H,13,14,15,17). The molecule has 2 aromatic rings. The van der Waals surface area contributed by atoms with Crippen LogP contribution in [0.1, 0.15) is 16.2 Å². The van der Waals surface area contributed by atoms with Crippen molar-refractivity contribution < 1.29 is 14.2 Å². The Balaban J connectivity index is 2.32. The number of hydrogen-bond acceptors (Lipinski definition) is 8. The minimum atomic E-state index is -0.644. The van der Waals surface area contributed by atoms with Crippen LogP contribution in [0.4, 0.5) is 17.5 Å². The van der Waals surface area contributed by atoms with Gasteiger partial charge in [0.1, 0.15) is 12.0 Å². The van der Waals surface area contributed by atoms with Crippen molar-refractivity contribution in [2.45, 2.75) is 6.92 Å². The normalized spacial score (nSPS) is 10.1. The molecule has 104 valence electrons. The zero-order valence-electron chi connectivity index (χ0n) is 10.6. The average molecular weight is 278 g/mol. The van der Waals surface area contributed by atoms with E-state index in [9.17, 15) is 14.9 Å². The number of nitrogens with zero attached hydrogens (tertiary/aromatic N) is 4. The van der Waals surface area contributed by atoms with Gasteiger partial charge in [0, 0.05) is 13.1 Å². The van der Waals surface area contributed by atoms with Gasteiger partial charge in [0.15, 0.2) is 5.82 Å². The number of nitrogens with one attached hydrogen (secondary N) is 2. The van der Waals surface area contributed by atoms with E-state index in [1.54, 1.807) is 14.0 Å². The molecule has 10 nitrogen and oxygen atoms in total. The molecule has 0 aliphatic heterocycles. The first-order valence-corrected chi connectivity index (χ1v) is 5.45. The molecular formula is C10H10N6O4. The summed E-state index contributed by atoms with van der Waals surface area (Å²) in [7, 11) is 1.54. The Kier molecular flexibility index (Phi) is 3.55. The first kappa shape index (κ1) is 13.4. The van der Waals surface area contributed by atoms with Crippen molar-refractivity contribution in [3.05, 3.63) is 33.8 Å². The number of carbonyl (C=O) groups is 1. The Morgan fingerprint density at radius 3 is 2.80 bits per heavy atom. The fraction of sp³-hybridized carbons (Fsp3) is 0.200. The molecule has 0 unspecified atom stereocenters. The maximum Gasteiger partial charge on any atom is 0.328 e. The Bertz CT molecular complexity index is 668. The number of aryl methyl sites for hydroxylation is 1. The highest BCUT2D eigenvalue weighted by molar-refractivity contribution is 6.06. The van der Waals surface area contributed by atoms with E-state index in [1.165, 1.54) is 0 Å². The molecule has 0 aliphatic carbocycles. The lowest BCUT2D eigenvalue weighted by Crippen LogP contribution is -2.15. The maximum atomic E-state index is 12.0. The fourth-order valence-electron chi connectivity index (χ4n) is 1.44. The third kappa shape index (κ3) is 2.68. The number of carbonyl (C=O) groups excluding carboxylic acids is 1. The number of aromatic nitrogens is 3. The molecular weight excluding hydrogens is 268 g/mol. The van der Waals surface area contributed by atoms with E-state index in [-0.39, 0.29) is 23.1 Å². The third-order valence-electron chi connectivity index (χ3n) is 2.31. The predicted octanol–water partition coefficient (Wildman–Crippen LogP) is 0.975. The second-order valence-corrected chi connectivity index (χ2v) is 3.70. The van der Waals surface area contributed by atoms with Crippen molar-refractivity contribution in [3.8, 4) is 0 Å². The van der Waals surface area contributed by atoms with Gasteiger partial charge in [-0.1, -0.05) is 5.16 Å². The van der Waals surface area contributed by atoms with Crippen molar-refractivity contribution in [2.75, 3.05) is 17.7 Å². The van der Waals surface area contributed by atoms with Crippen LogP contribution in [-0.4, -0.2) is 33.0 Å². The zero-order valence-corrected chi connectivity index (χ0v) is 10.6. The molecule has 2 N–H and O–H groups in total. The molecule has 0 saturated carbocycles. The highest BCUT2D eigenvalue weighted by Gasteiger charge is 2.19. The Hall–Kier alpha value is -3.04. The minimum Gasteiger partial charge on any atom is -0.372 e. The van der Waals surface area contributed by atoms with E-state index in [0.29, 0.717) is 5.82 Å². The molecule has 2 rings (SSSR count). The van der Waals surface area contributed by atoms with Gasteiger partial charge >= 0.3 is 6.01 Å². The monoisotopic (exact) mass is 278 g/mol. The number of anilines is 2. The maximum absolute atomic E-state index is 12.0.